The van der Waals surface area contributed by atoms with Crippen LogP contribution in [-0.2, 0) is 16.1 Å². The number of thiazole rings is 1. The molecular weight excluding hydrogens is 279 g/mol. The molecule has 6 heteroatoms. The zero-order chi connectivity index (χ0) is 14.4. The number of ether oxygens (including phenoxy) is 1. The van der Waals surface area contributed by atoms with Crippen molar-refractivity contribution in [2.24, 2.45) is 4.99 Å². The van der Waals surface area contributed by atoms with Gasteiger partial charge in [0.05, 0.1) is 6.54 Å². The molecule has 0 aliphatic carbocycles. The Balaban J connectivity index is 2.19. The predicted molar refractivity (Wildman–Crippen MR) is 74.9 cm³/mol. The lowest BCUT2D eigenvalue weighted by Crippen LogP contribution is -2.19. The van der Waals surface area contributed by atoms with E-state index in [-0.39, 0.29) is 18.3 Å². The fraction of sp³-hybridized carbons (Fsp3) is 0.286. The van der Waals surface area contributed by atoms with Crippen LogP contribution in [0.4, 0.5) is 4.39 Å². The van der Waals surface area contributed by atoms with E-state index in [0.717, 1.165) is 0 Å². The molecule has 0 saturated carbocycles. The molecule has 106 valence electrons. The summed E-state index contributed by atoms with van der Waals surface area (Å²) >= 11 is 1.33. The Hall–Kier alpha value is -1.79. The molecule has 0 radical (unpaired) electrons. The van der Waals surface area contributed by atoms with Gasteiger partial charge in [0.1, 0.15) is 12.4 Å². The molecular formula is C14H15FN2O2S. The van der Waals surface area contributed by atoms with Gasteiger partial charge in [-0.1, -0.05) is 18.2 Å². The number of carbonyl (C=O) groups excluding carboxylic acids is 1. The molecule has 1 heterocycles. The van der Waals surface area contributed by atoms with E-state index in [1.165, 1.54) is 17.4 Å². The molecule has 2 rings (SSSR count). The number of hydrogen-bond donors (Lipinski definition) is 0. The fourth-order valence-corrected chi connectivity index (χ4v) is 2.39. The average Bonchev–Trinajstić information content (AvgIpc) is 2.86. The summed E-state index contributed by atoms with van der Waals surface area (Å²) in [5, 5.41) is 1.81. The number of nitrogens with zero attached hydrogens (tertiary/aromatic N) is 2. The minimum absolute atomic E-state index is 0.0336. The molecule has 0 unspecified atom stereocenters. The topological polar surface area (TPSA) is 43.6 Å². The summed E-state index contributed by atoms with van der Waals surface area (Å²) in [5.41, 5.74) is 0.560. The van der Waals surface area contributed by atoms with E-state index in [2.05, 4.69) is 4.99 Å². The second kappa shape index (κ2) is 7.12. The van der Waals surface area contributed by atoms with Crippen LogP contribution in [0.2, 0.25) is 0 Å². The quantitative estimate of drug-likeness (QED) is 0.848. The van der Waals surface area contributed by atoms with Gasteiger partial charge >= 0.3 is 0 Å². The highest BCUT2D eigenvalue weighted by molar-refractivity contribution is 7.07. The minimum Gasteiger partial charge on any atom is -0.372 e. The van der Waals surface area contributed by atoms with Crippen molar-refractivity contribution < 1.29 is 13.9 Å². The Labute approximate surface area is 120 Å². The first-order valence-corrected chi connectivity index (χ1v) is 7.11. The molecule has 0 fully saturated rings. The highest BCUT2D eigenvalue weighted by Gasteiger charge is 2.04. The number of rotatable bonds is 5. The number of aromatic nitrogens is 1. The second-order valence-electron chi connectivity index (χ2n) is 4.05. The van der Waals surface area contributed by atoms with Crippen LogP contribution in [-0.4, -0.2) is 23.7 Å². The number of halogens is 1. The molecule has 0 bridgehead atoms. The third-order valence-electron chi connectivity index (χ3n) is 2.61. The lowest BCUT2D eigenvalue weighted by atomic mass is 10.2. The smallest absolute Gasteiger partial charge is 0.274 e. The van der Waals surface area contributed by atoms with Crippen LogP contribution in [0, 0.1) is 5.82 Å². The molecule has 0 N–H and O–H groups in total. The van der Waals surface area contributed by atoms with Crippen molar-refractivity contribution in [1.29, 1.82) is 0 Å². The Morgan fingerprint density at radius 3 is 3.00 bits per heavy atom. The second-order valence-corrected chi connectivity index (χ2v) is 4.92. The number of amides is 1. The van der Waals surface area contributed by atoms with Crippen molar-refractivity contribution in [2.45, 2.75) is 13.5 Å². The molecule has 20 heavy (non-hydrogen) atoms. The summed E-state index contributed by atoms with van der Waals surface area (Å²) in [6.45, 7) is 2.60. The Morgan fingerprint density at radius 2 is 2.25 bits per heavy atom. The van der Waals surface area contributed by atoms with Gasteiger partial charge in [0.25, 0.3) is 5.91 Å². The van der Waals surface area contributed by atoms with Crippen LogP contribution >= 0.6 is 11.3 Å². The van der Waals surface area contributed by atoms with Gasteiger partial charge in [-0.15, -0.1) is 11.3 Å². The number of hydrogen-bond acceptors (Lipinski definition) is 3. The zero-order valence-electron chi connectivity index (χ0n) is 11.1. The fourth-order valence-electron chi connectivity index (χ4n) is 1.65. The van der Waals surface area contributed by atoms with Crippen LogP contribution in [0.3, 0.4) is 0 Å². The van der Waals surface area contributed by atoms with Crippen molar-refractivity contribution in [2.75, 3.05) is 13.2 Å². The first kappa shape index (κ1) is 14.6. The first-order chi connectivity index (χ1) is 9.70. The van der Waals surface area contributed by atoms with Gasteiger partial charge < -0.3 is 9.30 Å². The van der Waals surface area contributed by atoms with Gasteiger partial charge in [0.2, 0.25) is 0 Å². The Bertz CT molecular complexity index is 648. The predicted octanol–water partition coefficient (Wildman–Crippen LogP) is 2.20. The molecule has 2 aromatic rings. The van der Waals surface area contributed by atoms with Crippen LogP contribution in [0.1, 0.15) is 12.5 Å². The number of benzene rings is 1. The van der Waals surface area contributed by atoms with Crippen LogP contribution in [0.15, 0.2) is 40.8 Å². The molecule has 1 aromatic heterocycles. The number of carbonyl (C=O) groups is 1. The van der Waals surface area contributed by atoms with Crippen molar-refractivity contribution in [3.8, 4) is 0 Å². The van der Waals surface area contributed by atoms with Gasteiger partial charge in [-0.3, -0.25) is 4.79 Å². The van der Waals surface area contributed by atoms with Gasteiger partial charge in [0, 0.05) is 23.7 Å². The standard InChI is InChI=1S/C14H15FN2O2S/c1-2-19-10-13(18)16-14-17(7-8-20-14)9-11-5-3-4-6-12(11)15/h3-8H,2,9-10H2,1H3. The van der Waals surface area contributed by atoms with E-state index < -0.39 is 0 Å². The van der Waals surface area contributed by atoms with Crippen molar-refractivity contribution in [3.63, 3.8) is 0 Å². The van der Waals surface area contributed by atoms with E-state index in [0.29, 0.717) is 23.5 Å². The summed E-state index contributed by atoms with van der Waals surface area (Å²) in [6.07, 6.45) is 1.78. The van der Waals surface area contributed by atoms with E-state index in [1.807, 2.05) is 12.3 Å². The van der Waals surface area contributed by atoms with Gasteiger partial charge in [0.15, 0.2) is 4.80 Å². The van der Waals surface area contributed by atoms with Crippen molar-refractivity contribution in [1.82, 2.24) is 4.57 Å². The summed E-state index contributed by atoms with van der Waals surface area (Å²) < 4.78 is 20.4. The van der Waals surface area contributed by atoms with Crippen molar-refractivity contribution in [3.05, 3.63) is 52.0 Å². The molecule has 0 saturated heterocycles. The molecule has 1 aromatic carbocycles. The third-order valence-corrected chi connectivity index (χ3v) is 3.40. The molecule has 1 amide bonds. The summed E-state index contributed by atoms with van der Waals surface area (Å²) in [6, 6.07) is 6.56. The SMILES string of the molecule is CCOCC(=O)N=c1sccn1Cc1ccccc1F. The molecule has 4 nitrogen and oxygen atoms in total. The normalized spacial score (nSPS) is 11.8. The monoisotopic (exact) mass is 294 g/mol. The summed E-state index contributed by atoms with van der Waals surface area (Å²) in [7, 11) is 0. The summed E-state index contributed by atoms with van der Waals surface area (Å²) in [5.74, 6) is -0.602. The zero-order valence-corrected chi connectivity index (χ0v) is 11.9. The van der Waals surface area contributed by atoms with E-state index in [9.17, 15) is 9.18 Å². The Kier molecular flexibility index (Phi) is 5.20. The van der Waals surface area contributed by atoms with Crippen LogP contribution in [0.5, 0.6) is 0 Å². The van der Waals surface area contributed by atoms with Crippen molar-refractivity contribution >= 4 is 17.2 Å². The average molecular weight is 294 g/mol. The van der Waals surface area contributed by atoms with Gasteiger partial charge in [-0.2, -0.15) is 4.99 Å². The van der Waals surface area contributed by atoms with Crippen LogP contribution < -0.4 is 4.80 Å². The molecule has 0 atom stereocenters. The van der Waals surface area contributed by atoms with E-state index >= 15 is 0 Å². The highest BCUT2D eigenvalue weighted by atomic mass is 32.1. The molecule has 0 spiro atoms. The maximum Gasteiger partial charge on any atom is 0.274 e. The van der Waals surface area contributed by atoms with Gasteiger partial charge in [-0.05, 0) is 13.0 Å². The lowest BCUT2D eigenvalue weighted by Gasteiger charge is -2.04. The maximum absolute atomic E-state index is 13.6. The van der Waals surface area contributed by atoms with Crippen LogP contribution in [0.25, 0.3) is 0 Å². The highest BCUT2D eigenvalue weighted by Crippen LogP contribution is 2.07. The van der Waals surface area contributed by atoms with E-state index in [1.54, 1.807) is 29.0 Å². The molecule has 0 aliphatic heterocycles. The third kappa shape index (κ3) is 3.85. The molecule has 0 aliphatic rings. The minimum atomic E-state index is -0.336. The first-order valence-electron chi connectivity index (χ1n) is 6.23. The lowest BCUT2D eigenvalue weighted by molar-refractivity contribution is -0.122. The maximum atomic E-state index is 13.6. The van der Waals surface area contributed by atoms with Gasteiger partial charge in [-0.25, -0.2) is 4.39 Å². The summed E-state index contributed by atoms with van der Waals surface area (Å²) in [4.78, 5) is 16.1. The largest absolute Gasteiger partial charge is 0.372 e. The Morgan fingerprint density at radius 1 is 1.45 bits per heavy atom. The van der Waals surface area contributed by atoms with E-state index in [4.69, 9.17) is 4.74 Å².